The molecule has 0 bridgehead atoms. The van der Waals surface area contributed by atoms with E-state index < -0.39 is 5.79 Å². The van der Waals surface area contributed by atoms with E-state index >= 15 is 0 Å². The first kappa shape index (κ1) is 13.3. The van der Waals surface area contributed by atoms with Crippen molar-refractivity contribution in [1.29, 1.82) is 0 Å². The average molecular weight is 243 g/mol. The number of hydrogen-bond donors (Lipinski definition) is 1. The molecule has 2 unspecified atom stereocenters. The number of hydrogen-bond acceptors (Lipinski definition) is 4. The summed E-state index contributed by atoms with van der Waals surface area (Å²) in [6, 6.07) is 0. The Labute approximate surface area is 104 Å². The second-order valence-corrected chi connectivity index (χ2v) is 5.65. The van der Waals surface area contributed by atoms with Crippen molar-refractivity contribution in [2.45, 2.75) is 44.5 Å². The van der Waals surface area contributed by atoms with Crippen LogP contribution in [0.15, 0.2) is 0 Å². The molecule has 0 spiro atoms. The van der Waals surface area contributed by atoms with Crippen molar-refractivity contribution in [2.75, 3.05) is 33.4 Å². The van der Waals surface area contributed by atoms with Crippen molar-refractivity contribution in [3.63, 3.8) is 0 Å². The minimum atomic E-state index is -0.416. The zero-order chi connectivity index (χ0) is 12.3. The summed E-state index contributed by atoms with van der Waals surface area (Å²) in [5, 5.41) is 8.91. The highest BCUT2D eigenvalue weighted by molar-refractivity contribution is 4.80. The fraction of sp³-hybridized carbons (Fsp3) is 1.00. The minimum absolute atomic E-state index is 0.0799. The predicted octanol–water partition coefficient (Wildman–Crippen LogP) is 1.23. The standard InChI is InChI=1S/C13H25NO3/c1-13(16-10-12(17-13)5-8-15)9-11-3-6-14(2)7-4-11/h11-12,15H,3-10H2,1-2H3. The van der Waals surface area contributed by atoms with E-state index in [0.29, 0.717) is 18.9 Å². The van der Waals surface area contributed by atoms with Crippen LogP contribution in [0.2, 0.25) is 0 Å². The van der Waals surface area contributed by atoms with Gasteiger partial charge >= 0.3 is 0 Å². The first-order chi connectivity index (χ1) is 8.11. The van der Waals surface area contributed by atoms with Gasteiger partial charge in [0.25, 0.3) is 0 Å². The molecule has 2 heterocycles. The van der Waals surface area contributed by atoms with Crippen molar-refractivity contribution in [1.82, 2.24) is 4.90 Å². The van der Waals surface area contributed by atoms with E-state index in [1.807, 2.05) is 6.92 Å². The van der Waals surface area contributed by atoms with Crippen molar-refractivity contribution in [3.05, 3.63) is 0 Å². The number of piperidine rings is 1. The lowest BCUT2D eigenvalue weighted by Crippen LogP contribution is -2.36. The van der Waals surface area contributed by atoms with Crippen LogP contribution >= 0.6 is 0 Å². The zero-order valence-electron chi connectivity index (χ0n) is 11.0. The van der Waals surface area contributed by atoms with Gasteiger partial charge in [-0.2, -0.15) is 0 Å². The largest absolute Gasteiger partial charge is 0.396 e. The molecule has 2 aliphatic heterocycles. The third kappa shape index (κ3) is 3.65. The van der Waals surface area contributed by atoms with E-state index in [9.17, 15) is 0 Å². The maximum Gasteiger partial charge on any atom is 0.166 e. The predicted molar refractivity (Wildman–Crippen MR) is 65.8 cm³/mol. The van der Waals surface area contributed by atoms with Crippen LogP contribution in [-0.4, -0.2) is 55.2 Å². The van der Waals surface area contributed by atoms with E-state index in [0.717, 1.165) is 6.42 Å². The van der Waals surface area contributed by atoms with Gasteiger partial charge in [-0.1, -0.05) is 0 Å². The van der Waals surface area contributed by atoms with Crippen LogP contribution in [0.3, 0.4) is 0 Å². The number of ether oxygens (including phenoxy) is 2. The molecule has 4 nitrogen and oxygen atoms in total. The summed E-state index contributed by atoms with van der Waals surface area (Å²) in [4.78, 5) is 2.38. The van der Waals surface area contributed by atoms with Crippen LogP contribution in [0, 0.1) is 5.92 Å². The molecule has 0 aromatic carbocycles. The molecule has 1 N–H and O–H groups in total. The summed E-state index contributed by atoms with van der Waals surface area (Å²) >= 11 is 0. The van der Waals surface area contributed by atoms with E-state index in [4.69, 9.17) is 14.6 Å². The van der Waals surface area contributed by atoms with Crippen LogP contribution in [0.25, 0.3) is 0 Å². The molecule has 0 amide bonds. The molecule has 2 rings (SSSR count). The molecule has 2 saturated heterocycles. The number of rotatable bonds is 4. The number of likely N-dealkylation sites (tertiary alicyclic amines) is 1. The minimum Gasteiger partial charge on any atom is -0.396 e. The fourth-order valence-corrected chi connectivity index (χ4v) is 2.87. The van der Waals surface area contributed by atoms with Crippen molar-refractivity contribution in [3.8, 4) is 0 Å². The summed E-state index contributed by atoms with van der Waals surface area (Å²) in [5.74, 6) is 0.296. The smallest absolute Gasteiger partial charge is 0.166 e. The highest BCUT2D eigenvalue weighted by Gasteiger charge is 2.39. The molecule has 0 aromatic rings. The third-order valence-corrected chi connectivity index (χ3v) is 3.94. The molecule has 4 heteroatoms. The Balaban J connectivity index is 1.78. The lowest BCUT2D eigenvalue weighted by atomic mass is 9.90. The SMILES string of the molecule is CN1CCC(CC2(C)OCC(CCO)O2)CC1. The van der Waals surface area contributed by atoms with Crippen molar-refractivity contribution < 1.29 is 14.6 Å². The quantitative estimate of drug-likeness (QED) is 0.806. The third-order valence-electron chi connectivity index (χ3n) is 3.94. The molecule has 100 valence electrons. The molecule has 2 fully saturated rings. The summed E-state index contributed by atoms with van der Waals surface area (Å²) < 4.78 is 11.7. The van der Waals surface area contributed by atoms with Crippen LogP contribution in [0.4, 0.5) is 0 Å². The highest BCUT2D eigenvalue weighted by atomic mass is 16.7. The van der Waals surface area contributed by atoms with E-state index in [-0.39, 0.29) is 12.7 Å². The van der Waals surface area contributed by atoms with Gasteiger partial charge in [0.05, 0.1) is 12.7 Å². The maximum absolute atomic E-state index is 8.91. The van der Waals surface area contributed by atoms with Gasteiger partial charge < -0.3 is 19.5 Å². The van der Waals surface area contributed by atoms with E-state index in [1.54, 1.807) is 0 Å². The molecule has 0 aromatic heterocycles. The molecule has 17 heavy (non-hydrogen) atoms. The monoisotopic (exact) mass is 243 g/mol. The lowest BCUT2D eigenvalue weighted by Gasteiger charge is -2.33. The van der Waals surface area contributed by atoms with Gasteiger partial charge in [0.1, 0.15) is 0 Å². The van der Waals surface area contributed by atoms with Crippen molar-refractivity contribution in [2.24, 2.45) is 5.92 Å². The normalized spacial score (nSPS) is 36.5. The Kier molecular flexibility index (Phi) is 4.42. The zero-order valence-corrected chi connectivity index (χ0v) is 11.0. The summed E-state index contributed by atoms with van der Waals surface area (Å²) in [5.41, 5.74) is 0. The first-order valence-electron chi connectivity index (χ1n) is 6.72. The highest BCUT2D eigenvalue weighted by Crippen LogP contribution is 2.34. The Morgan fingerprint density at radius 3 is 2.71 bits per heavy atom. The van der Waals surface area contributed by atoms with Gasteiger partial charge in [0.2, 0.25) is 0 Å². The van der Waals surface area contributed by atoms with Gasteiger partial charge in [0, 0.05) is 13.0 Å². The summed E-state index contributed by atoms with van der Waals surface area (Å²) in [6.07, 6.45) is 4.23. The summed E-state index contributed by atoms with van der Waals surface area (Å²) in [7, 11) is 2.18. The maximum atomic E-state index is 8.91. The number of nitrogens with zero attached hydrogens (tertiary/aromatic N) is 1. The second kappa shape index (κ2) is 5.65. The van der Waals surface area contributed by atoms with Gasteiger partial charge in [-0.15, -0.1) is 0 Å². The van der Waals surface area contributed by atoms with E-state index in [2.05, 4.69) is 11.9 Å². The van der Waals surface area contributed by atoms with Crippen LogP contribution in [0.5, 0.6) is 0 Å². The van der Waals surface area contributed by atoms with Gasteiger partial charge in [0.15, 0.2) is 5.79 Å². The number of aliphatic hydroxyl groups excluding tert-OH is 1. The Morgan fingerprint density at radius 1 is 1.35 bits per heavy atom. The molecular weight excluding hydrogens is 218 g/mol. The van der Waals surface area contributed by atoms with Gasteiger partial charge in [-0.05, 0) is 52.2 Å². The molecular formula is C13H25NO3. The molecule has 0 radical (unpaired) electrons. The van der Waals surface area contributed by atoms with Crippen molar-refractivity contribution >= 4 is 0 Å². The van der Waals surface area contributed by atoms with Gasteiger partial charge in [-0.25, -0.2) is 0 Å². The Morgan fingerprint density at radius 2 is 2.06 bits per heavy atom. The topological polar surface area (TPSA) is 41.9 Å². The Hall–Kier alpha value is -0.160. The molecule has 2 aliphatic rings. The van der Waals surface area contributed by atoms with Crippen LogP contribution < -0.4 is 0 Å². The average Bonchev–Trinajstić information content (AvgIpc) is 2.64. The van der Waals surface area contributed by atoms with Crippen LogP contribution in [0.1, 0.15) is 32.6 Å². The van der Waals surface area contributed by atoms with Gasteiger partial charge in [-0.3, -0.25) is 0 Å². The lowest BCUT2D eigenvalue weighted by molar-refractivity contribution is -0.169. The fourth-order valence-electron chi connectivity index (χ4n) is 2.87. The molecule has 0 saturated carbocycles. The van der Waals surface area contributed by atoms with Crippen LogP contribution in [-0.2, 0) is 9.47 Å². The second-order valence-electron chi connectivity index (χ2n) is 5.65. The molecule has 0 aliphatic carbocycles. The van der Waals surface area contributed by atoms with E-state index in [1.165, 1.54) is 25.9 Å². The Bertz CT molecular complexity index is 241. The number of aliphatic hydroxyl groups is 1. The molecule has 2 atom stereocenters. The summed E-state index contributed by atoms with van der Waals surface area (Å²) in [6.45, 7) is 5.21. The first-order valence-corrected chi connectivity index (χ1v) is 6.72.